The maximum absolute atomic E-state index is 12.6. The van der Waals surface area contributed by atoms with Gasteiger partial charge in [-0.3, -0.25) is 20.0 Å². The van der Waals surface area contributed by atoms with Crippen molar-refractivity contribution in [1.29, 1.82) is 0 Å². The summed E-state index contributed by atoms with van der Waals surface area (Å²) in [5.74, 6) is -0.180. The third-order valence-electron chi connectivity index (χ3n) is 4.41. The third kappa shape index (κ3) is 3.54. The van der Waals surface area contributed by atoms with Crippen molar-refractivity contribution in [2.75, 3.05) is 16.8 Å². The smallest absolute Gasteiger partial charge is 0.249 e. The quantitative estimate of drug-likeness (QED) is 0.726. The van der Waals surface area contributed by atoms with Crippen molar-refractivity contribution in [2.24, 2.45) is 5.92 Å². The summed E-state index contributed by atoms with van der Waals surface area (Å²) in [5.41, 5.74) is 1.48. The minimum absolute atomic E-state index is 0.118. The van der Waals surface area contributed by atoms with Gasteiger partial charge in [0.1, 0.15) is 0 Å². The van der Waals surface area contributed by atoms with E-state index in [2.05, 4.69) is 20.5 Å². The van der Waals surface area contributed by atoms with E-state index < -0.39 is 5.92 Å². The van der Waals surface area contributed by atoms with Crippen LogP contribution in [0, 0.1) is 5.92 Å². The second-order valence-electron chi connectivity index (χ2n) is 6.22. The normalized spacial score (nSPS) is 16.6. The molecule has 1 aliphatic heterocycles. The lowest BCUT2D eigenvalue weighted by Gasteiger charge is -2.17. The van der Waals surface area contributed by atoms with Crippen LogP contribution < -0.4 is 10.2 Å². The Kier molecular flexibility index (Phi) is 4.60. The average molecular weight is 382 g/mol. The molecule has 0 unspecified atom stereocenters. The standard InChI is InChI=1S/C19H16ClN5O2/c20-14-8-4-5-9-15(14)25-11-13(10-16(25)26)18(27)22-19-21-17(23-24-19)12-6-2-1-3-7-12/h1-9,13H,10-11H2,(H2,21,22,23,24,27)/t13-/m1/s1. The predicted molar refractivity (Wildman–Crippen MR) is 102 cm³/mol. The number of carbonyl (C=O) groups is 2. The summed E-state index contributed by atoms with van der Waals surface area (Å²) < 4.78 is 0. The molecule has 2 N–H and O–H groups in total. The maximum Gasteiger partial charge on any atom is 0.249 e. The molecule has 3 aromatic rings. The van der Waals surface area contributed by atoms with Gasteiger partial charge >= 0.3 is 0 Å². The van der Waals surface area contributed by atoms with Gasteiger partial charge in [-0.25, -0.2) is 0 Å². The number of nitrogens with one attached hydrogen (secondary N) is 2. The molecular weight excluding hydrogens is 366 g/mol. The third-order valence-corrected chi connectivity index (χ3v) is 4.73. The monoisotopic (exact) mass is 381 g/mol. The van der Waals surface area contributed by atoms with E-state index in [-0.39, 0.29) is 30.7 Å². The van der Waals surface area contributed by atoms with E-state index in [1.807, 2.05) is 30.3 Å². The lowest BCUT2D eigenvalue weighted by molar-refractivity contribution is -0.122. The van der Waals surface area contributed by atoms with Gasteiger partial charge in [-0.05, 0) is 12.1 Å². The highest BCUT2D eigenvalue weighted by molar-refractivity contribution is 6.33. The summed E-state index contributed by atoms with van der Waals surface area (Å²) in [4.78, 5) is 30.7. The molecule has 1 aromatic heterocycles. The Balaban J connectivity index is 1.45. The van der Waals surface area contributed by atoms with Crippen molar-refractivity contribution in [3.05, 3.63) is 59.6 Å². The van der Waals surface area contributed by atoms with Gasteiger partial charge in [0.15, 0.2) is 5.82 Å². The van der Waals surface area contributed by atoms with E-state index in [4.69, 9.17) is 11.6 Å². The number of benzene rings is 2. The molecule has 2 aromatic carbocycles. The molecule has 1 aliphatic rings. The Hall–Kier alpha value is -3.19. The number of aromatic amines is 1. The predicted octanol–water partition coefficient (Wildman–Crippen LogP) is 3.12. The van der Waals surface area contributed by atoms with E-state index in [0.29, 0.717) is 16.5 Å². The molecule has 27 heavy (non-hydrogen) atoms. The van der Waals surface area contributed by atoms with Crippen molar-refractivity contribution < 1.29 is 9.59 Å². The molecule has 4 rings (SSSR count). The van der Waals surface area contributed by atoms with Crippen LogP contribution in [0.1, 0.15) is 6.42 Å². The first-order chi connectivity index (χ1) is 13.1. The molecule has 2 heterocycles. The highest BCUT2D eigenvalue weighted by atomic mass is 35.5. The summed E-state index contributed by atoms with van der Waals surface area (Å²) in [6.07, 6.45) is 0.118. The number of hydrogen-bond acceptors (Lipinski definition) is 4. The van der Waals surface area contributed by atoms with Gasteiger partial charge in [-0.1, -0.05) is 54.1 Å². The average Bonchev–Trinajstić information content (AvgIpc) is 3.30. The number of aromatic nitrogens is 3. The summed E-state index contributed by atoms with van der Waals surface area (Å²) in [5, 5.41) is 9.98. The van der Waals surface area contributed by atoms with E-state index >= 15 is 0 Å². The minimum Gasteiger partial charge on any atom is -0.310 e. The number of carbonyl (C=O) groups excluding carboxylic acids is 2. The van der Waals surface area contributed by atoms with Crippen LogP contribution in [-0.2, 0) is 9.59 Å². The van der Waals surface area contributed by atoms with Crippen LogP contribution in [0.3, 0.4) is 0 Å². The number of rotatable bonds is 4. The summed E-state index contributed by atoms with van der Waals surface area (Å²) in [6, 6.07) is 16.6. The van der Waals surface area contributed by atoms with E-state index in [1.165, 1.54) is 0 Å². The molecule has 0 radical (unpaired) electrons. The number of para-hydroxylation sites is 1. The zero-order chi connectivity index (χ0) is 18.8. The van der Waals surface area contributed by atoms with Crippen LogP contribution in [0.15, 0.2) is 54.6 Å². The Morgan fingerprint density at radius 3 is 2.67 bits per heavy atom. The molecule has 0 spiro atoms. The van der Waals surface area contributed by atoms with Gasteiger partial charge < -0.3 is 4.90 Å². The molecule has 1 fully saturated rings. The molecular formula is C19H16ClN5O2. The number of nitrogens with zero attached hydrogens (tertiary/aromatic N) is 3. The first kappa shape index (κ1) is 17.2. The Morgan fingerprint density at radius 1 is 1.15 bits per heavy atom. The van der Waals surface area contributed by atoms with Crippen LogP contribution in [0.4, 0.5) is 11.6 Å². The minimum atomic E-state index is -0.493. The highest BCUT2D eigenvalue weighted by Gasteiger charge is 2.36. The summed E-state index contributed by atoms with van der Waals surface area (Å²) in [6.45, 7) is 0.268. The van der Waals surface area contributed by atoms with Crippen LogP contribution in [0.25, 0.3) is 11.4 Å². The fraction of sp³-hybridized carbons (Fsp3) is 0.158. The number of anilines is 2. The Morgan fingerprint density at radius 2 is 1.89 bits per heavy atom. The largest absolute Gasteiger partial charge is 0.310 e. The van der Waals surface area contributed by atoms with Crippen molar-refractivity contribution in [2.45, 2.75) is 6.42 Å². The fourth-order valence-electron chi connectivity index (χ4n) is 3.04. The molecule has 8 heteroatoms. The second-order valence-corrected chi connectivity index (χ2v) is 6.63. The zero-order valence-electron chi connectivity index (χ0n) is 14.2. The Labute approximate surface area is 160 Å². The van der Waals surface area contributed by atoms with Crippen molar-refractivity contribution in [3.8, 4) is 11.4 Å². The van der Waals surface area contributed by atoms with Crippen molar-refractivity contribution >= 4 is 35.1 Å². The van der Waals surface area contributed by atoms with Gasteiger partial charge in [0.2, 0.25) is 17.8 Å². The number of halogens is 1. The van der Waals surface area contributed by atoms with Crippen molar-refractivity contribution in [3.63, 3.8) is 0 Å². The summed E-state index contributed by atoms with van der Waals surface area (Å²) >= 11 is 6.17. The topological polar surface area (TPSA) is 91.0 Å². The molecule has 7 nitrogen and oxygen atoms in total. The first-order valence-electron chi connectivity index (χ1n) is 8.45. The molecule has 1 atom stereocenters. The van der Waals surface area contributed by atoms with Gasteiger partial charge in [-0.2, -0.15) is 4.98 Å². The van der Waals surface area contributed by atoms with Crippen molar-refractivity contribution in [1.82, 2.24) is 15.2 Å². The lowest BCUT2D eigenvalue weighted by Crippen LogP contribution is -2.28. The number of hydrogen-bond donors (Lipinski definition) is 2. The molecule has 0 saturated carbocycles. The fourth-order valence-corrected chi connectivity index (χ4v) is 3.28. The van der Waals surface area contributed by atoms with Crippen LogP contribution in [-0.4, -0.2) is 33.5 Å². The van der Waals surface area contributed by atoms with E-state index in [0.717, 1.165) is 5.56 Å². The number of H-pyrrole nitrogens is 1. The number of amides is 2. The van der Waals surface area contributed by atoms with Gasteiger partial charge in [-0.15, -0.1) is 5.10 Å². The van der Waals surface area contributed by atoms with Crippen LogP contribution >= 0.6 is 11.6 Å². The molecule has 0 aliphatic carbocycles. The maximum atomic E-state index is 12.6. The summed E-state index contributed by atoms with van der Waals surface area (Å²) in [7, 11) is 0. The zero-order valence-corrected chi connectivity index (χ0v) is 15.0. The van der Waals surface area contributed by atoms with Gasteiger partial charge in [0.25, 0.3) is 0 Å². The molecule has 2 amide bonds. The van der Waals surface area contributed by atoms with Crippen LogP contribution in [0.2, 0.25) is 5.02 Å². The van der Waals surface area contributed by atoms with Gasteiger partial charge in [0, 0.05) is 18.5 Å². The molecule has 1 saturated heterocycles. The van der Waals surface area contributed by atoms with E-state index in [9.17, 15) is 9.59 Å². The lowest BCUT2D eigenvalue weighted by atomic mass is 10.1. The molecule has 136 valence electrons. The Bertz CT molecular complexity index is 989. The second kappa shape index (κ2) is 7.20. The van der Waals surface area contributed by atoms with E-state index in [1.54, 1.807) is 29.2 Å². The molecule has 0 bridgehead atoms. The van der Waals surface area contributed by atoms with Crippen LogP contribution in [0.5, 0.6) is 0 Å². The van der Waals surface area contributed by atoms with Gasteiger partial charge in [0.05, 0.1) is 16.6 Å². The first-order valence-corrected chi connectivity index (χ1v) is 8.83. The highest BCUT2D eigenvalue weighted by Crippen LogP contribution is 2.31. The SMILES string of the molecule is O=C(Nc1n[nH]c(-c2ccccc2)n1)[C@@H]1CC(=O)N(c2ccccc2Cl)C1.